The lowest BCUT2D eigenvalue weighted by atomic mass is 9.90. The molecule has 0 radical (unpaired) electrons. The van der Waals surface area contributed by atoms with Crippen LogP contribution in [0.4, 0.5) is 5.69 Å². The van der Waals surface area contributed by atoms with Crippen molar-refractivity contribution in [2.24, 2.45) is 0 Å². The van der Waals surface area contributed by atoms with Gasteiger partial charge < -0.3 is 14.8 Å². The van der Waals surface area contributed by atoms with E-state index in [-0.39, 0.29) is 17.9 Å². The molecule has 2 atom stereocenters. The van der Waals surface area contributed by atoms with Gasteiger partial charge in [0, 0.05) is 30.3 Å². The van der Waals surface area contributed by atoms with Crippen LogP contribution < -0.4 is 26.6 Å². The number of hydrogen-bond acceptors (Lipinski definition) is 9. The Hall–Kier alpha value is -6.34. The highest BCUT2D eigenvalue weighted by Gasteiger charge is 2.24. The maximum absolute atomic E-state index is 13.8. The maximum atomic E-state index is 13.8. The van der Waals surface area contributed by atoms with E-state index in [1.165, 1.54) is 18.3 Å². The van der Waals surface area contributed by atoms with Crippen molar-refractivity contribution in [3.05, 3.63) is 163 Å². The second-order valence-electron chi connectivity index (χ2n) is 12.1. The van der Waals surface area contributed by atoms with Gasteiger partial charge >= 0.3 is 11.7 Å². The maximum Gasteiger partial charge on any atom is 0.332 e. The van der Waals surface area contributed by atoms with Crippen LogP contribution in [0, 0.1) is 17.0 Å². The van der Waals surface area contributed by atoms with Crippen LogP contribution in [0.25, 0.3) is 11.1 Å². The average Bonchev–Trinajstić information content (AvgIpc) is 3.16. The Morgan fingerprint density at radius 2 is 1.58 bits per heavy atom. The van der Waals surface area contributed by atoms with Gasteiger partial charge in [0.05, 0.1) is 30.8 Å². The molecule has 0 bridgehead atoms. The van der Waals surface area contributed by atoms with E-state index >= 15 is 0 Å². The molecule has 5 rings (SSSR count). The van der Waals surface area contributed by atoms with Gasteiger partial charge in [-0.2, -0.15) is 0 Å². The zero-order valence-electron chi connectivity index (χ0n) is 29.0. The largest absolute Gasteiger partial charge is 0.497 e. The molecule has 52 heavy (non-hydrogen) atoms. The van der Waals surface area contributed by atoms with Crippen LogP contribution in [-0.2, 0) is 27.3 Å². The van der Waals surface area contributed by atoms with Crippen molar-refractivity contribution in [2.75, 3.05) is 20.3 Å². The zero-order chi connectivity index (χ0) is 37.2. The van der Waals surface area contributed by atoms with Crippen LogP contribution in [0.3, 0.4) is 0 Å². The number of rotatable bonds is 15. The summed E-state index contributed by atoms with van der Waals surface area (Å²) in [6, 6.07) is 30.8. The van der Waals surface area contributed by atoms with Crippen molar-refractivity contribution >= 4 is 17.6 Å². The lowest BCUT2D eigenvalue weighted by Gasteiger charge is -2.27. The van der Waals surface area contributed by atoms with Crippen LogP contribution in [-0.4, -0.2) is 46.2 Å². The Bertz CT molecular complexity index is 2150. The van der Waals surface area contributed by atoms with E-state index in [1.54, 1.807) is 33.1 Å². The number of aromatic nitrogens is 2. The summed E-state index contributed by atoms with van der Waals surface area (Å²) in [5.74, 6) is -0.591. The fourth-order valence-corrected chi connectivity index (χ4v) is 5.82. The first kappa shape index (κ1) is 36.9. The summed E-state index contributed by atoms with van der Waals surface area (Å²) in [6.45, 7) is 2.41. The summed E-state index contributed by atoms with van der Waals surface area (Å²) in [5, 5.41) is 16.8. The van der Waals surface area contributed by atoms with E-state index in [1.807, 2.05) is 78.9 Å². The fourth-order valence-electron chi connectivity index (χ4n) is 5.82. The molecule has 2 unspecified atom stereocenters. The number of nitrogens with zero attached hydrogens (tertiary/aromatic N) is 3. The summed E-state index contributed by atoms with van der Waals surface area (Å²) >= 11 is 0. The number of hydrogen-bond donors (Lipinski definition) is 2. The molecule has 1 heterocycles. The molecule has 268 valence electrons. The molecule has 5 aromatic rings. The lowest BCUT2D eigenvalue weighted by Crippen LogP contribution is -2.48. The minimum absolute atomic E-state index is 0.00949. The van der Waals surface area contributed by atoms with Gasteiger partial charge in [0.1, 0.15) is 18.8 Å². The number of nitro benzene ring substituents is 1. The van der Waals surface area contributed by atoms with Crippen LogP contribution in [0.15, 0.2) is 119 Å². The Morgan fingerprint density at radius 1 is 0.904 bits per heavy atom. The summed E-state index contributed by atoms with van der Waals surface area (Å²) in [4.78, 5) is 62.6. The van der Waals surface area contributed by atoms with E-state index < -0.39 is 53.3 Å². The number of non-ortho nitro benzene ring substituents is 1. The number of methoxy groups -OCH3 is 1. The van der Waals surface area contributed by atoms with Gasteiger partial charge in [0.15, 0.2) is 0 Å². The Morgan fingerprint density at radius 3 is 2.25 bits per heavy atom. The SMILES string of the molecule is COc1ccc(-c2ccccc2C(NC(C)n2c(=O)c(C)cn(CC(=O)NCC(=O)OCCc3ccc([N+](=O)[O-])cc3)c2=O)c2ccccc2)cc1. The standard InChI is InChI=1S/C39H39N5O8/c1-26-24-42(25-35(45)40-23-36(46)52-22-21-28-13-17-31(18-14-28)44(49)50)39(48)43(38(26)47)27(2)41-37(30-9-5-4-6-10-30)34-12-8-7-11-33(34)29-15-19-32(51-3)20-16-29/h4-20,24,27,37,41H,21-23,25H2,1-3H3,(H,40,45). The summed E-state index contributed by atoms with van der Waals surface area (Å²) in [5.41, 5.74) is 3.49. The fraction of sp³-hybridized carbons (Fsp3) is 0.231. The van der Waals surface area contributed by atoms with E-state index in [9.17, 15) is 29.3 Å². The third kappa shape index (κ3) is 9.06. The molecule has 0 aliphatic heterocycles. The minimum Gasteiger partial charge on any atom is -0.497 e. The van der Waals surface area contributed by atoms with Crippen molar-refractivity contribution in [3.63, 3.8) is 0 Å². The number of amides is 1. The molecule has 2 N–H and O–H groups in total. The zero-order valence-corrected chi connectivity index (χ0v) is 29.0. The first-order chi connectivity index (χ1) is 25.0. The van der Waals surface area contributed by atoms with E-state index in [4.69, 9.17) is 9.47 Å². The van der Waals surface area contributed by atoms with Gasteiger partial charge in [0.2, 0.25) is 5.91 Å². The molecule has 13 heteroatoms. The Kier molecular flexibility index (Phi) is 12.1. The highest BCUT2D eigenvalue weighted by molar-refractivity contribution is 5.81. The van der Waals surface area contributed by atoms with Gasteiger partial charge in [-0.25, -0.2) is 9.36 Å². The van der Waals surface area contributed by atoms with Gasteiger partial charge in [-0.15, -0.1) is 0 Å². The van der Waals surface area contributed by atoms with Crippen molar-refractivity contribution < 1.29 is 24.0 Å². The number of carbonyl (C=O) groups excluding carboxylic acids is 2. The van der Waals surface area contributed by atoms with Crippen LogP contribution in [0.2, 0.25) is 0 Å². The predicted molar refractivity (Wildman–Crippen MR) is 195 cm³/mol. The normalized spacial score (nSPS) is 12.1. The third-order valence-electron chi connectivity index (χ3n) is 8.50. The number of nitro groups is 1. The number of benzene rings is 4. The van der Waals surface area contributed by atoms with Crippen molar-refractivity contribution in [3.8, 4) is 16.9 Å². The topological polar surface area (TPSA) is 164 Å². The second-order valence-corrected chi connectivity index (χ2v) is 12.1. The monoisotopic (exact) mass is 705 g/mol. The molecule has 1 aromatic heterocycles. The molecule has 0 spiro atoms. The van der Waals surface area contributed by atoms with Gasteiger partial charge in [-0.05, 0) is 53.8 Å². The number of ether oxygens (including phenoxy) is 2. The minimum atomic E-state index is -0.811. The van der Waals surface area contributed by atoms with Crippen LogP contribution >= 0.6 is 0 Å². The molecule has 13 nitrogen and oxygen atoms in total. The first-order valence-corrected chi connectivity index (χ1v) is 16.6. The van der Waals surface area contributed by atoms with Crippen molar-refractivity contribution in [1.82, 2.24) is 19.8 Å². The Labute approximate surface area is 299 Å². The highest BCUT2D eigenvalue weighted by Crippen LogP contribution is 2.33. The molecule has 0 saturated carbocycles. The third-order valence-corrected chi connectivity index (χ3v) is 8.50. The number of carbonyl (C=O) groups is 2. The van der Waals surface area contributed by atoms with E-state index in [2.05, 4.69) is 10.6 Å². The van der Waals surface area contributed by atoms with Gasteiger partial charge in [-0.1, -0.05) is 78.9 Å². The number of aryl methyl sites for hydroxylation is 1. The van der Waals surface area contributed by atoms with Crippen molar-refractivity contribution in [2.45, 2.75) is 39.0 Å². The smallest absolute Gasteiger partial charge is 0.332 e. The quantitative estimate of drug-likeness (QED) is 0.0893. The summed E-state index contributed by atoms with van der Waals surface area (Å²) in [6.07, 6.45) is 0.844. The lowest BCUT2D eigenvalue weighted by molar-refractivity contribution is -0.384. The molecule has 0 aliphatic rings. The summed E-state index contributed by atoms with van der Waals surface area (Å²) in [7, 11) is 1.61. The number of nitrogens with one attached hydrogen (secondary N) is 2. The van der Waals surface area contributed by atoms with Gasteiger partial charge in [0.25, 0.3) is 11.2 Å². The van der Waals surface area contributed by atoms with E-state index in [0.29, 0.717) is 6.42 Å². The highest BCUT2D eigenvalue weighted by atomic mass is 16.6. The Balaban J connectivity index is 1.30. The number of esters is 1. The molecule has 4 aromatic carbocycles. The first-order valence-electron chi connectivity index (χ1n) is 16.6. The molecule has 0 fully saturated rings. The molecular weight excluding hydrogens is 666 g/mol. The molecule has 1 amide bonds. The molecular formula is C39H39N5O8. The van der Waals surface area contributed by atoms with Crippen LogP contribution in [0.1, 0.15) is 41.4 Å². The van der Waals surface area contributed by atoms with Crippen LogP contribution in [0.5, 0.6) is 5.75 Å². The predicted octanol–water partition coefficient (Wildman–Crippen LogP) is 4.70. The second kappa shape index (κ2) is 17.1. The average molecular weight is 706 g/mol. The van der Waals surface area contributed by atoms with Crippen molar-refractivity contribution in [1.29, 1.82) is 0 Å². The summed E-state index contributed by atoms with van der Waals surface area (Å²) < 4.78 is 12.7. The van der Waals surface area contributed by atoms with Gasteiger partial charge in [-0.3, -0.25) is 34.4 Å². The van der Waals surface area contributed by atoms with E-state index in [0.717, 1.165) is 42.7 Å². The molecule has 0 saturated heterocycles. The molecule has 0 aliphatic carbocycles.